The fourth-order valence-electron chi connectivity index (χ4n) is 1.50. The van der Waals surface area contributed by atoms with Gasteiger partial charge in [0.25, 0.3) is 0 Å². The van der Waals surface area contributed by atoms with Crippen molar-refractivity contribution in [2.24, 2.45) is 5.73 Å². The number of likely N-dealkylation sites (N-methyl/N-ethyl adjacent to an activating group) is 1. The van der Waals surface area contributed by atoms with Crippen LogP contribution in [-0.2, 0) is 0 Å². The van der Waals surface area contributed by atoms with Crippen LogP contribution >= 0.6 is 11.8 Å². The van der Waals surface area contributed by atoms with Crippen LogP contribution in [0.15, 0.2) is 30.3 Å². The van der Waals surface area contributed by atoms with E-state index in [1.165, 1.54) is 17.3 Å². The Kier molecular flexibility index (Phi) is 4.83. The summed E-state index contributed by atoms with van der Waals surface area (Å²) in [7, 11) is 4.09. The first kappa shape index (κ1) is 13.1. The lowest BCUT2D eigenvalue weighted by atomic mass is 10.1. The standard InChI is InChI=1S/C12H19N3S/c1-9(15(2)3)11(16-12(13)14)10-7-5-4-6-8-10/h4-9,11H,1-3H3,(H3,13,14)/t9-,11+/m0/s1. The molecule has 0 saturated carbocycles. The number of amidine groups is 1. The number of hydrogen-bond donors (Lipinski definition) is 2. The lowest BCUT2D eigenvalue weighted by Crippen LogP contribution is -2.31. The molecule has 0 radical (unpaired) electrons. The third kappa shape index (κ3) is 3.54. The highest BCUT2D eigenvalue weighted by Crippen LogP contribution is 2.33. The van der Waals surface area contributed by atoms with E-state index in [4.69, 9.17) is 11.1 Å². The van der Waals surface area contributed by atoms with Crippen LogP contribution in [0.3, 0.4) is 0 Å². The van der Waals surface area contributed by atoms with Crippen molar-refractivity contribution in [3.63, 3.8) is 0 Å². The van der Waals surface area contributed by atoms with Crippen molar-refractivity contribution in [2.75, 3.05) is 14.1 Å². The van der Waals surface area contributed by atoms with Gasteiger partial charge in [-0.05, 0) is 26.6 Å². The predicted molar refractivity (Wildman–Crippen MR) is 71.8 cm³/mol. The van der Waals surface area contributed by atoms with E-state index in [0.29, 0.717) is 6.04 Å². The number of benzene rings is 1. The fraction of sp³-hybridized carbons (Fsp3) is 0.417. The van der Waals surface area contributed by atoms with Crippen LogP contribution in [0.4, 0.5) is 0 Å². The van der Waals surface area contributed by atoms with Crippen molar-refractivity contribution >= 4 is 16.9 Å². The quantitative estimate of drug-likeness (QED) is 0.624. The van der Waals surface area contributed by atoms with Gasteiger partial charge in [0, 0.05) is 6.04 Å². The molecule has 0 saturated heterocycles. The Morgan fingerprint density at radius 3 is 2.31 bits per heavy atom. The van der Waals surface area contributed by atoms with Crippen LogP contribution < -0.4 is 5.73 Å². The molecule has 0 aliphatic rings. The highest BCUT2D eigenvalue weighted by molar-refractivity contribution is 8.13. The maximum Gasteiger partial charge on any atom is 0.151 e. The summed E-state index contributed by atoms with van der Waals surface area (Å²) in [5.41, 5.74) is 6.71. The number of nitrogens with zero attached hydrogens (tertiary/aromatic N) is 1. The Morgan fingerprint density at radius 1 is 1.31 bits per heavy atom. The van der Waals surface area contributed by atoms with Gasteiger partial charge in [-0.1, -0.05) is 42.1 Å². The molecule has 88 valence electrons. The minimum absolute atomic E-state index is 0.169. The summed E-state index contributed by atoms with van der Waals surface area (Å²) in [6.07, 6.45) is 0. The van der Waals surface area contributed by atoms with Crippen LogP contribution in [-0.4, -0.2) is 30.2 Å². The first-order valence-corrected chi connectivity index (χ1v) is 6.12. The van der Waals surface area contributed by atoms with Crippen LogP contribution in [0, 0.1) is 5.41 Å². The number of nitrogens with one attached hydrogen (secondary N) is 1. The summed E-state index contributed by atoms with van der Waals surface area (Å²) in [4.78, 5) is 2.15. The van der Waals surface area contributed by atoms with E-state index in [1.54, 1.807) is 0 Å². The first-order valence-electron chi connectivity index (χ1n) is 5.24. The van der Waals surface area contributed by atoms with E-state index in [1.807, 2.05) is 32.3 Å². The first-order chi connectivity index (χ1) is 7.52. The summed E-state index contributed by atoms with van der Waals surface area (Å²) in [6.45, 7) is 2.15. The molecule has 2 atom stereocenters. The highest BCUT2D eigenvalue weighted by Gasteiger charge is 2.22. The zero-order chi connectivity index (χ0) is 12.1. The van der Waals surface area contributed by atoms with Gasteiger partial charge in [-0.25, -0.2) is 0 Å². The Bertz CT molecular complexity index is 337. The van der Waals surface area contributed by atoms with Gasteiger partial charge in [0.1, 0.15) is 0 Å². The lowest BCUT2D eigenvalue weighted by molar-refractivity contribution is 0.309. The van der Waals surface area contributed by atoms with E-state index < -0.39 is 0 Å². The lowest BCUT2D eigenvalue weighted by Gasteiger charge is -2.28. The maximum atomic E-state index is 7.43. The minimum atomic E-state index is 0.169. The molecular weight excluding hydrogens is 218 g/mol. The second kappa shape index (κ2) is 5.92. The monoisotopic (exact) mass is 237 g/mol. The zero-order valence-corrected chi connectivity index (χ0v) is 10.8. The molecule has 0 amide bonds. The Hall–Kier alpha value is -1.00. The molecule has 3 nitrogen and oxygen atoms in total. The van der Waals surface area contributed by atoms with Crippen LogP contribution in [0.2, 0.25) is 0 Å². The molecule has 0 aromatic heterocycles. The number of rotatable bonds is 4. The second-order valence-corrected chi connectivity index (χ2v) is 5.20. The van der Waals surface area contributed by atoms with E-state index >= 15 is 0 Å². The Balaban J connectivity index is 2.91. The molecule has 4 heteroatoms. The van der Waals surface area contributed by atoms with E-state index in [2.05, 4.69) is 24.0 Å². The van der Waals surface area contributed by atoms with Crippen molar-refractivity contribution in [1.29, 1.82) is 5.41 Å². The predicted octanol–water partition coefficient (Wildman–Crippen LogP) is 2.30. The minimum Gasteiger partial charge on any atom is -0.379 e. The third-order valence-corrected chi connectivity index (χ3v) is 3.81. The van der Waals surface area contributed by atoms with Gasteiger partial charge in [-0.15, -0.1) is 0 Å². The van der Waals surface area contributed by atoms with Gasteiger partial charge in [-0.3, -0.25) is 5.41 Å². The molecule has 0 aliphatic heterocycles. The van der Waals surface area contributed by atoms with Gasteiger partial charge < -0.3 is 10.6 Å². The molecule has 0 spiro atoms. The van der Waals surface area contributed by atoms with E-state index in [9.17, 15) is 0 Å². The van der Waals surface area contributed by atoms with Gasteiger partial charge in [0.15, 0.2) is 5.17 Å². The van der Waals surface area contributed by atoms with Gasteiger partial charge >= 0.3 is 0 Å². The molecule has 0 fully saturated rings. The molecular formula is C12H19N3S. The van der Waals surface area contributed by atoms with Crippen molar-refractivity contribution in [3.05, 3.63) is 35.9 Å². The smallest absolute Gasteiger partial charge is 0.151 e. The fourth-order valence-corrected chi connectivity index (χ4v) is 2.50. The second-order valence-electron chi connectivity index (χ2n) is 4.02. The summed E-state index contributed by atoms with van der Waals surface area (Å²) in [6, 6.07) is 10.5. The maximum absolute atomic E-state index is 7.43. The van der Waals surface area contributed by atoms with Gasteiger partial charge in [0.2, 0.25) is 0 Å². The van der Waals surface area contributed by atoms with Gasteiger partial charge in [0.05, 0.1) is 5.25 Å². The van der Waals surface area contributed by atoms with E-state index in [-0.39, 0.29) is 10.4 Å². The topological polar surface area (TPSA) is 53.1 Å². The molecule has 0 unspecified atom stereocenters. The van der Waals surface area contributed by atoms with Crippen molar-refractivity contribution in [2.45, 2.75) is 18.2 Å². The summed E-state index contributed by atoms with van der Waals surface area (Å²) in [5.74, 6) is 0. The molecule has 1 aromatic carbocycles. The summed E-state index contributed by atoms with van der Waals surface area (Å²) < 4.78 is 0. The van der Waals surface area contributed by atoms with E-state index in [0.717, 1.165) is 0 Å². The Morgan fingerprint density at radius 2 is 1.88 bits per heavy atom. The highest BCUT2D eigenvalue weighted by atomic mass is 32.2. The molecule has 3 N–H and O–H groups in total. The molecule has 0 bridgehead atoms. The van der Waals surface area contributed by atoms with Gasteiger partial charge in [-0.2, -0.15) is 0 Å². The Labute approximate surface area is 102 Å². The average molecular weight is 237 g/mol. The summed E-state index contributed by atoms with van der Waals surface area (Å²) >= 11 is 1.41. The van der Waals surface area contributed by atoms with Crippen molar-refractivity contribution < 1.29 is 0 Å². The van der Waals surface area contributed by atoms with Crippen LogP contribution in [0.1, 0.15) is 17.7 Å². The number of hydrogen-bond acceptors (Lipinski definition) is 3. The van der Waals surface area contributed by atoms with Crippen LogP contribution in [0.25, 0.3) is 0 Å². The molecule has 1 aromatic rings. The summed E-state index contributed by atoms with van der Waals surface area (Å²) in [5, 5.41) is 7.80. The zero-order valence-electron chi connectivity index (χ0n) is 9.97. The van der Waals surface area contributed by atoms with Crippen molar-refractivity contribution in [1.82, 2.24) is 4.90 Å². The number of nitrogens with two attached hydrogens (primary N) is 1. The average Bonchev–Trinajstić information content (AvgIpc) is 2.26. The number of thioether (sulfide) groups is 1. The SMILES string of the molecule is C[C@@H]([C@@H](SC(=N)N)c1ccccc1)N(C)C. The molecule has 0 aliphatic carbocycles. The molecule has 1 rings (SSSR count). The van der Waals surface area contributed by atoms with Crippen molar-refractivity contribution in [3.8, 4) is 0 Å². The van der Waals surface area contributed by atoms with Crippen LogP contribution in [0.5, 0.6) is 0 Å². The largest absolute Gasteiger partial charge is 0.379 e. The molecule has 0 heterocycles. The normalized spacial score (nSPS) is 14.8. The third-order valence-electron chi connectivity index (χ3n) is 2.63. The molecule has 16 heavy (non-hydrogen) atoms.